The second-order valence-corrected chi connectivity index (χ2v) is 7.76. The average Bonchev–Trinajstić information content (AvgIpc) is 3.01. The van der Waals surface area contributed by atoms with Gasteiger partial charge in [0.1, 0.15) is 0 Å². The Morgan fingerprint density at radius 3 is 2.67 bits per heavy atom. The van der Waals surface area contributed by atoms with E-state index in [1.54, 1.807) is 18.3 Å². The summed E-state index contributed by atoms with van der Waals surface area (Å²) in [6, 6.07) is 6.68. The highest BCUT2D eigenvalue weighted by Gasteiger charge is 2.17. The lowest BCUT2D eigenvalue weighted by atomic mass is 10.1. The van der Waals surface area contributed by atoms with Gasteiger partial charge in [-0.2, -0.15) is 0 Å². The van der Waals surface area contributed by atoms with E-state index in [0.717, 1.165) is 31.6 Å². The molecule has 0 aliphatic carbocycles. The second kappa shape index (κ2) is 12.3. The third kappa shape index (κ3) is 6.78. The van der Waals surface area contributed by atoms with Crippen LogP contribution in [0.1, 0.15) is 64.7 Å². The second-order valence-electron chi connectivity index (χ2n) is 7.76. The van der Waals surface area contributed by atoms with Crippen LogP contribution in [0.2, 0.25) is 0 Å². The molecule has 0 fully saturated rings. The summed E-state index contributed by atoms with van der Waals surface area (Å²) < 4.78 is 26.1. The van der Waals surface area contributed by atoms with Crippen LogP contribution in [0.4, 0.5) is 15.9 Å². The number of ether oxygens (including phenoxy) is 2. The Labute approximate surface area is 179 Å². The Morgan fingerprint density at radius 1 is 1.07 bits per heavy atom. The number of halogens is 1. The monoisotopic (exact) mass is 415 g/mol. The van der Waals surface area contributed by atoms with E-state index >= 15 is 0 Å². The van der Waals surface area contributed by atoms with Crippen molar-refractivity contribution in [3.63, 3.8) is 0 Å². The Kier molecular flexibility index (Phi) is 9.06. The summed E-state index contributed by atoms with van der Waals surface area (Å²) in [7, 11) is 0. The molecule has 6 heteroatoms. The molecule has 1 aliphatic heterocycles. The standard InChI is InChI=1S/C24H34FN3O2/c1-2-3-4-5-6-7-8-9-14-26-19-11-12-21(20(25)18-19)30-22-13-16-28-24-23(22)29-17-10-15-27-24/h11-13,16,18,26H,2-10,14-15,17H2,1H3,(H,27,28). The molecule has 5 nitrogen and oxygen atoms in total. The van der Waals surface area contributed by atoms with Crippen LogP contribution in [-0.2, 0) is 0 Å². The van der Waals surface area contributed by atoms with Crippen LogP contribution in [0.5, 0.6) is 17.2 Å². The molecule has 0 amide bonds. The molecule has 0 radical (unpaired) electrons. The maximum absolute atomic E-state index is 14.6. The molecule has 2 N–H and O–H groups in total. The molecule has 0 bridgehead atoms. The van der Waals surface area contributed by atoms with Crippen LogP contribution in [-0.4, -0.2) is 24.7 Å². The van der Waals surface area contributed by atoms with Gasteiger partial charge in [0.2, 0.25) is 5.75 Å². The molecule has 1 aliphatic rings. The van der Waals surface area contributed by atoms with E-state index in [4.69, 9.17) is 9.47 Å². The predicted molar refractivity (Wildman–Crippen MR) is 120 cm³/mol. The minimum atomic E-state index is -0.400. The van der Waals surface area contributed by atoms with Crippen molar-refractivity contribution in [3.8, 4) is 17.2 Å². The summed E-state index contributed by atoms with van der Waals surface area (Å²) in [4.78, 5) is 4.27. The number of benzene rings is 1. The van der Waals surface area contributed by atoms with Gasteiger partial charge in [0.05, 0.1) is 6.61 Å². The first kappa shape index (κ1) is 22.2. The lowest BCUT2D eigenvalue weighted by molar-refractivity contribution is 0.305. The Morgan fingerprint density at radius 2 is 1.87 bits per heavy atom. The summed E-state index contributed by atoms with van der Waals surface area (Å²) in [6.07, 6.45) is 12.8. The number of aromatic nitrogens is 1. The number of nitrogens with zero attached hydrogens (tertiary/aromatic N) is 1. The van der Waals surface area contributed by atoms with Crippen molar-refractivity contribution >= 4 is 11.5 Å². The SMILES string of the molecule is CCCCCCCCCCNc1ccc(Oc2ccnc3c2OCCCN3)c(F)c1. The van der Waals surface area contributed by atoms with Crippen molar-refractivity contribution in [3.05, 3.63) is 36.3 Å². The van der Waals surface area contributed by atoms with E-state index in [0.29, 0.717) is 23.9 Å². The lowest BCUT2D eigenvalue weighted by Gasteiger charge is -2.14. The molecule has 2 aromatic rings. The molecule has 0 saturated heterocycles. The maximum Gasteiger partial charge on any atom is 0.204 e. The zero-order chi connectivity index (χ0) is 21.0. The van der Waals surface area contributed by atoms with Gasteiger partial charge in [-0.1, -0.05) is 51.9 Å². The molecule has 164 valence electrons. The highest BCUT2D eigenvalue weighted by Crippen LogP contribution is 2.38. The highest BCUT2D eigenvalue weighted by atomic mass is 19.1. The molecule has 3 rings (SSSR count). The van der Waals surface area contributed by atoms with Crippen molar-refractivity contribution in [2.75, 3.05) is 30.3 Å². The molecular formula is C24H34FN3O2. The minimum absolute atomic E-state index is 0.175. The first-order valence-electron chi connectivity index (χ1n) is 11.3. The fourth-order valence-corrected chi connectivity index (χ4v) is 3.53. The summed E-state index contributed by atoms with van der Waals surface area (Å²) in [5.41, 5.74) is 0.772. The number of anilines is 2. The summed E-state index contributed by atoms with van der Waals surface area (Å²) in [5.74, 6) is 1.41. The van der Waals surface area contributed by atoms with Crippen LogP contribution in [0.25, 0.3) is 0 Å². The predicted octanol–water partition coefficient (Wildman–Crippen LogP) is 6.76. The van der Waals surface area contributed by atoms with Crippen LogP contribution < -0.4 is 20.1 Å². The fourth-order valence-electron chi connectivity index (χ4n) is 3.53. The highest BCUT2D eigenvalue weighted by molar-refractivity contribution is 5.59. The van der Waals surface area contributed by atoms with E-state index in [9.17, 15) is 4.39 Å². The molecule has 0 spiro atoms. The summed E-state index contributed by atoms with van der Waals surface area (Å²) >= 11 is 0. The Bertz CT molecular complexity index is 785. The number of rotatable bonds is 12. The largest absolute Gasteiger partial charge is 0.486 e. The van der Waals surface area contributed by atoms with Crippen LogP contribution in [0.3, 0.4) is 0 Å². The van der Waals surface area contributed by atoms with Crippen LogP contribution in [0.15, 0.2) is 30.5 Å². The van der Waals surface area contributed by atoms with E-state index in [2.05, 4.69) is 22.5 Å². The molecule has 1 aromatic heterocycles. The number of hydrogen-bond acceptors (Lipinski definition) is 5. The summed E-state index contributed by atoms with van der Waals surface area (Å²) in [6.45, 7) is 4.46. The number of unbranched alkanes of at least 4 members (excludes halogenated alkanes) is 7. The van der Waals surface area contributed by atoms with Gasteiger partial charge in [0.25, 0.3) is 0 Å². The van der Waals surface area contributed by atoms with Crippen LogP contribution >= 0.6 is 0 Å². The molecule has 1 aromatic carbocycles. The minimum Gasteiger partial charge on any atom is -0.486 e. The van der Waals surface area contributed by atoms with Gasteiger partial charge < -0.3 is 20.1 Å². The smallest absolute Gasteiger partial charge is 0.204 e. The normalized spacial score (nSPS) is 13.0. The molecular weight excluding hydrogens is 381 g/mol. The third-order valence-electron chi connectivity index (χ3n) is 5.24. The van der Waals surface area contributed by atoms with Crippen molar-refractivity contribution in [2.45, 2.75) is 64.7 Å². The molecule has 2 heterocycles. The number of hydrogen-bond donors (Lipinski definition) is 2. The summed E-state index contributed by atoms with van der Waals surface area (Å²) in [5, 5.41) is 6.51. The van der Waals surface area contributed by atoms with Gasteiger partial charge in [0.15, 0.2) is 23.1 Å². The van der Waals surface area contributed by atoms with Gasteiger partial charge in [-0.25, -0.2) is 9.37 Å². The van der Waals surface area contributed by atoms with Crippen molar-refractivity contribution in [2.24, 2.45) is 0 Å². The van der Waals surface area contributed by atoms with Crippen molar-refractivity contribution in [1.82, 2.24) is 4.98 Å². The number of nitrogens with one attached hydrogen (secondary N) is 2. The van der Waals surface area contributed by atoms with E-state index in [1.807, 2.05) is 6.07 Å². The lowest BCUT2D eigenvalue weighted by Crippen LogP contribution is -2.02. The van der Waals surface area contributed by atoms with E-state index in [1.165, 1.54) is 51.0 Å². The topological polar surface area (TPSA) is 55.4 Å². The van der Waals surface area contributed by atoms with Gasteiger partial charge in [-0.3, -0.25) is 0 Å². The maximum atomic E-state index is 14.6. The zero-order valence-electron chi connectivity index (χ0n) is 18.0. The molecule has 30 heavy (non-hydrogen) atoms. The molecule has 0 unspecified atom stereocenters. The molecule has 0 atom stereocenters. The van der Waals surface area contributed by atoms with Gasteiger partial charge in [-0.15, -0.1) is 0 Å². The quantitative estimate of drug-likeness (QED) is 0.375. The zero-order valence-corrected chi connectivity index (χ0v) is 18.0. The van der Waals surface area contributed by atoms with Crippen LogP contribution in [0, 0.1) is 5.82 Å². The fraction of sp³-hybridized carbons (Fsp3) is 0.542. The first-order valence-corrected chi connectivity index (χ1v) is 11.3. The van der Waals surface area contributed by atoms with Gasteiger partial charge >= 0.3 is 0 Å². The first-order chi connectivity index (χ1) is 14.8. The van der Waals surface area contributed by atoms with Gasteiger partial charge in [-0.05, 0) is 25.0 Å². The van der Waals surface area contributed by atoms with Crippen molar-refractivity contribution in [1.29, 1.82) is 0 Å². The van der Waals surface area contributed by atoms with Gasteiger partial charge in [0, 0.05) is 37.1 Å². The Hall–Kier alpha value is -2.50. The molecule has 0 saturated carbocycles. The third-order valence-corrected chi connectivity index (χ3v) is 5.24. The number of pyridine rings is 1. The van der Waals surface area contributed by atoms with E-state index in [-0.39, 0.29) is 5.75 Å². The average molecular weight is 416 g/mol. The van der Waals surface area contributed by atoms with Crippen molar-refractivity contribution < 1.29 is 13.9 Å². The Balaban J connectivity index is 1.46. The van der Waals surface area contributed by atoms with E-state index < -0.39 is 5.82 Å². The number of fused-ring (bicyclic) bond motifs is 1.